The minimum Gasteiger partial charge on any atom is -0.475 e. The highest BCUT2D eigenvalue weighted by molar-refractivity contribution is 6.36. The number of carbonyl (C=O) groups is 1. The lowest BCUT2D eigenvalue weighted by Gasteiger charge is -2.10. The van der Waals surface area contributed by atoms with Gasteiger partial charge >= 0.3 is 6.03 Å². The third-order valence-electron chi connectivity index (χ3n) is 3.60. The van der Waals surface area contributed by atoms with Crippen molar-refractivity contribution in [3.8, 4) is 17.1 Å². The van der Waals surface area contributed by atoms with E-state index in [4.69, 9.17) is 27.9 Å². The van der Waals surface area contributed by atoms with Gasteiger partial charge in [-0.3, -0.25) is 0 Å². The van der Waals surface area contributed by atoms with Crippen LogP contribution in [0.25, 0.3) is 11.3 Å². The van der Waals surface area contributed by atoms with Crippen molar-refractivity contribution < 1.29 is 13.9 Å². The van der Waals surface area contributed by atoms with Gasteiger partial charge in [0.05, 0.1) is 22.9 Å². The van der Waals surface area contributed by atoms with Crippen molar-refractivity contribution in [1.82, 2.24) is 15.5 Å². The zero-order valence-electron chi connectivity index (χ0n) is 14.5. The van der Waals surface area contributed by atoms with Crippen LogP contribution in [0.3, 0.4) is 0 Å². The van der Waals surface area contributed by atoms with Gasteiger partial charge < -0.3 is 15.4 Å². The number of aromatic nitrogens is 2. The molecule has 28 heavy (non-hydrogen) atoms. The average molecular weight is 421 g/mol. The molecule has 0 unspecified atom stereocenters. The molecule has 3 aromatic rings. The number of benzene rings is 2. The van der Waals surface area contributed by atoms with Gasteiger partial charge in [-0.15, -0.1) is 10.2 Å². The minimum atomic E-state index is -0.425. The fourth-order valence-corrected chi connectivity index (χ4v) is 2.70. The lowest BCUT2D eigenvalue weighted by Crippen LogP contribution is -2.32. The Bertz CT molecular complexity index is 953. The first kappa shape index (κ1) is 19.9. The lowest BCUT2D eigenvalue weighted by molar-refractivity contribution is 0.246. The Labute approximate surface area is 170 Å². The first-order chi connectivity index (χ1) is 13.5. The van der Waals surface area contributed by atoms with Gasteiger partial charge in [-0.1, -0.05) is 23.2 Å². The largest absolute Gasteiger partial charge is 0.475 e. The number of nitrogens with one attached hydrogen (secondary N) is 2. The number of rotatable bonds is 6. The van der Waals surface area contributed by atoms with Crippen LogP contribution in [-0.2, 0) is 0 Å². The van der Waals surface area contributed by atoms with E-state index in [0.29, 0.717) is 27.3 Å². The van der Waals surface area contributed by atoms with Crippen LogP contribution < -0.4 is 15.4 Å². The SMILES string of the molecule is O=C(NCCOc1ccc(-c2ccc(F)cc2)nn1)Nc1ccc(Cl)cc1Cl. The Balaban J connectivity index is 1.43. The molecule has 0 radical (unpaired) electrons. The third kappa shape index (κ3) is 5.55. The Kier molecular flexibility index (Phi) is 6.62. The first-order valence-corrected chi connectivity index (χ1v) is 8.99. The number of urea groups is 1. The van der Waals surface area contributed by atoms with E-state index in [9.17, 15) is 9.18 Å². The number of ether oxygens (including phenoxy) is 1. The van der Waals surface area contributed by atoms with E-state index in [1.54, 1.807) is 36.4 Å². The van der Waals surface area contributed by atoms with E-state index in [-0.39, 0.29) is 19.0 Å². The van der Waals surface area contributed by atoms with Gasteiger partial charge in [0.2, 0.25) is 5.88 Å². The van der Waals surface area contributed by atoms with Crippen LogP contribution in [0.4, 0.5) is 14.9 Å². The van der Waals surface area contributed by atoms with E-state index >= 15 is 0 Å². The lowest BCUT2D eigenvalue weighted by atomic mass is 10.1. The molecule has 144 valence electrons. The molecule has 0 aliphatic carbocycles. The maximum atomic E-state index is 13.0. The van der Waals surface area contributed by atoms with Crippen molar-refractivity contribution >= 4 is 34.9 Å². The average Bonchev–Trinajstić information content (AvgIpc) is 2.69. The number of nitrogens with zero attached hydrogens (tertiary/aromatic N) is 2. The number of hydrogen-bond donors (Lipinski definition) is 2. The van der Waals surface area contributed by atoms with Crippen LogP contribution in [0.2, 0.25) is 10.0 Å². The summed E-state index contributed by atoms with van der Waals surface area (Å²) in [4.78, 5) is 11.9. The molecule has 0 bridgehead atoms. The zero-order chi connectivity index (χ0) is 19.9. The number of hydrogen-bond acceptors (Lipinski definition) is 4. The van der Waals surface area contributed by atoms with Crippen molar-refractivity contribution in [2.75, 3.05) is 18.5 Å². The van der Waals surface area contributed by atoms with Crippen molar-refractivity contribution in [2.45, 2.75) is 0 Å². The van der Waals surface area contributed by atoms with Crippen LogP contribution in [0.15, 0.2) is 54.6 Å². The second kappa shape index (κ2) is 9.34. The van der Waals surface area contributed by atoms with Crippen LogP contribution in [0.5, 0.6) is 5.88 Å². The maximum Gasteiger partial charge on any atom is 0.319 e. The van der Waals surface area contributed by atoms with Gasteiger partial charge in [-0.05, 0) is 48.5 Å². The fourth-order valence-electron chi connectivity index (χ4n) is 2.25. The molecule has 0 saturated heterocycles. The molecule has 0 aliphatic heterocycles. The number of anilines is 1. The summed E-state index contributed by atoms with van der Waals surface area (Å²) in [5, 5.41) is 14.1. The Morgan fingerprint density at radius 2 is 1.82 bits per heavy atom. The van der Waals surface area contributed by atoms with E-state index < -0.39 is 6.03 Å². The summed E-state index contributed by atoms with van der Waals surface area (Å²) in [6.07, 6.45) is 0. The van der Waals surface area contributed by atoms with E-state index in [0.717, 1.165) is 5.56 Å². The number of amides is 2. The standard InChI is InChI=1S/C19H15Cl2FN4O2/c20-13-3-6-17(15(21)11-13)24-19(27)23-9-10-28-18-8-7-16(25-26-18)12-1-4-14(22)5-2-12/h1-8,11H,9-10H2,(H2,23,24,27). The van der Waals surface area contributed by atoms with Crippen molar-refractivity contribution in [2.24, 2.45) is 0 Å². The predicted molar refractivity (Wildman–Crippen MR) is 106 cm³/mol. The summed E-state index contributed by atoms with van der Waals surface area (Å²) in [6.45, 7) is 0.449. The van der Waals surface area contributed by atoms with Gasteiger partial charge in [-0.25, -0.2) is 9.18 Å². The molecule has 2 aromatic carbocycles. The van der Waals surface area contributed by atoms with Gasteiger partial charge in [0.25, 0.3) is 0 Å². The monoisotopic (exact) mass is 420 g/mol. The summed E-state index contributed by atoms with van der Waals surface area (Å²) < 4.78 is 18.4. The molecule has 0 fully saturated rings. The van der Waals surface area contributed by atoms with Gasteiger partial charge in [0, 0.05) is 16.7 Å². The topological polar surface area (TPSA) is 76.1 Å². The number of halogens is 3. The molecular formula is C19H15Cl2FN4O2. The summed E-state index contributed by atoms with van der Waals surface area (Å²) in [5.74, 6) is 0.000323. The molecule has 0 saturated carbocycles. The van der Waals surface area contributed by atoms with Crippen molar-refractivity contribution in [1.29, 1.82) is 0 Å². The molecule has 2 N–H and O–H groups in total. The molecule has 0 aliphatic rings. The predicted octanol–water partition coefficient (Wildman–Crippen LogP) is 4.79. The van der Waals surface area contributed by atoms with Crippen molar-refractivity contribution in [3.05, 3.63) is 70.5 Å². The molecule has 6 nitrogen and oxygen atoms in total. The van der Waals surface area contributed by atoms with Gasteiger partial charge in [-0.2, -0.15) is 0 Å². The highest BCUT2D eigenvalue weighted by atomic mass is 35.5. The highest BCUT2D eigenvalue weighted by Gasteiger charge is 2.06. The highest BCUT2D eigenvalue weighted by Crippen LogP contribution is 2.25. The smallest absolute Gasteiger partial charge is 0.319 e. The Morgan fingerprint density at radius 1 is 1.04 bits per heavy atom. The molecule has 0 spiro atoms. The van der Waals surface area contributed by atoms with Crippen LogP contribution in [-0.4, -0.2) is 29.4 Å². The van der Waals surface area contributed by atoms with E-state index in [2.05, 4.69) is 20.8 Å². The first-order valence-electron chi connectivity index (χ1n) is 8.23. The zero-order valence-corrected chi connectivity index (χ0v) is 16.0. The summed E-state index contributed by atoms with van der Waals surface area (Å²) in [7, 11) is 0. The quantitative estimate of drug-likeness (QED) is 0.562. The van der Waals surface area contributed by atoms with Crippen LogP contribution in [0.1, 0.15) is 0 Å². The normalized spacial score (nSPS) is 10.4. The maximum absolute atomic E-state index is 13.0. The second-order valence-corrected chi connectivity index (χ2v) is 6.46. The second-order valence-electron chi connectivity index (χ2n) is 5.62. The number of carbonyl (C=O) groups excluding carboxylic acids is 1. The molecular weight excluding hydrogens is 406 g/mol. The summed E-state index contributed by atoms with van der Waals surface area (Å²) in [5.41, 5.74) is 1.80. The minimum absolute atomic E-state index is 0.201. The Hall–Kier alpha value is -2.90. The van der Waals surface area contributed by atoms with Gasteiger partial charge in [0.15, 0.2) is 0 Å². The van der Waals surface area contributed by atoms with Gasteiger partial charge in [0.1, 0.15) is 12.4 Å². The summed E-state index contributed by atoms with van der Waals surface area (Å²) in [6, 6.07) is 13.7. The fraction of sp³-hybridized carbons (Fsp3) is 0.105. The molecule has 2 amide bonds. The van der Waals surface area contributed by atoms with E-state index in [1.165, 1.54) is 18.2 Å². The van der Waals surface area contributed by atoms with Crippen LogP contribution >= 0.6 is 23.2 Å². The molecule has 3 rings (SSSR count). The molecule has 0 atom stereocenters. The molecule has 9 heteroatoms. The van der Waals surface area contributed by atoms with Crippen molar-refractivity contribution in [3.63, 3.8) is 0 Å². The third-order valence-corrected chi connectivity index (χ3v) is 4.14. The molecule has 1 aromatic heterocycles. The van der Waals surface area contributed by atoms with E-state index in [1.807, 2.05) is 0 Å². The summed E-state index contributed by atoms with van der Waals surface area (Å²) >= 11 is 11.8. The van der Waals surface area contributed by atoms with Crippen LogP contribution in [0, 0.1) is 5.82 Å². The molecule has 1 heterocycles. The Morgan fingerprint density at radius 3 is 2.50 bits per heavy atom.